The predicted molar refractivity (Wildman–Crippen MR) is 106 cm³/mol. The van der Waals surface area contributed by atoms with Crippen LogP contribution in [0.3, 0.4) is 0 Å². The molecule has 2 heterocycles. The van der Waals surface area contributed by atoms with Gasteiger partial charge in [-0.25, -0.2) is 9.48 Å². The Morgan fingerprint density at radius 2 is 1.71 bits per heavy atom. The van der Waals surface area contributed by atoms with Gasteiger partial charge in [-0.2, -0.15) is 0 Å². The maximum atomic E-state index is 13.0. The van der Waals surface area contributed by atoms with E-state index in [1.165, 1.54) is 21.5 Å². The number of nitrogens with one attached hydrogen (secondary N) is 1. The number of carbonyl (C=O) groups is 1. The fourth-order valence-electron chi connectivity index (χ4n) is 3.15. The van der Waals surface area contributed by atoms with Crippen LogP contribution in [0, 0.1) is 0 Å². The molecule has 28 heavy (non-hydrogen) atoms. The first-order valence-electron chi connectivity index (χ1n) is 8.84. The molecule has 7 nitrogen and oxygen atoms in total. The largest absolute Gasteiger partial charge is 0.443 e. The minimum absolute atomic E-state index is 0.227. The maximum absolute atomic E-state index is 13.0. The van der Waals surface area contributed by atoms with E-state index in [4.69, 9.17) is 4.74 Å². The molecule has 4 rings (SSSR count). The molecule has 0 bridgehead atoms. The van der Waals surface area contributed by atoms with Gasteiger partial charge in [0.05, 0.1) is 27.8 Å². The zero-order valence-corrected chi connectivity index (χ0v) is 15.7. The maximum Gasteiger partial charge on any atom is 0.419 e. The Morgan fingerprint density at radius 3 is 2.39 bits per heavy atom. The van der Waals surface area contributed by atoms with Gasteiger partial charge < -0.3 is 4.74 Å². The molecule has 1 N–H and O–H groups in total. The highest BCUT2D eigenvalue weighted by atomic mass is 16.6. The normalized spacial score (nSPS) is 11.8. The van der Waals surface area contributed by atoms with Gasteiger partial charge in [0.2, 0.25) is 0 Å². The van der Waals surface area contributed by atoms with Crippen LogP contribution in [0.1, 0.15) is 20.8 Å². The number of para-hydroxylation sites is 1. The second kappa shape index (κ2) is 6.23. The summed E-state index contributed by atoms with van der Waals surface area (Å²) < 4.78 is 8.03. The highest BCUT2D eigenvalue weighted by Crippen LogP contribution is 2.27. The average molecular weight is 377 g/mol. The third-order valence-corrected chi connectivity index (χ3v) is 4.30. The number of hydrogen-bond acceptors (Lipinski definition) is 4. The Morgan fingerprint density at radius 1 is 1.00 bits per heavy atom. The molecule has 2 aromatic rings. The second-order valence-electron chi connectivity index (χ2n) is 7.51. The van der Waals surface area contributed by atoms with E-state index in [1.54, 1.807) is 45.0 Å². The Balaban J connectivity index is 2.05. The lowest BCUT2D eigenvalue weighted by Crippen LogP contribution is -2.29. The Kier molecular flexibility index (Phi) is 3.96. The first-order valence-corrected chi connectivity index (χ1v) is 8.84. The van der Waals surface area contributed by atoms with Crippen molar-refractivity contribution in [2.24, 2.45) is 0 Å². The molecule has 0 saturated heterocycles. The van der Waals surface area contributed by atoms with Crippen LogP contribution in [0.15, 0.2) is 64.3 Å². The molecule has 0 atom stereocenters. The van der Waals surface area contributed by atoms with Crippen LogP contribution in [-0.2, 0) is 4.74 Å². The number of pyridine rings is 1. The van der Waals surface area contributed by atoms with Crippen molar-refractivity contribution in [1.82, 2.24) is 14.3 Å². The van der Waals surface area contributed by atoms with Crippen molar-refractivity contribution >= 4 is 17.0 Å². The van der Waals surface area contributed by atoms with Crippen LogP contribution in [-0.4, -0.2) is 26.0 Å². The summed E-state index contributed by atoms with van der Waals surface area (Å²) in [6.07, 6.45) is 0.764. The van der Waals surface area contributed by atoms with Gasteiger partial charge in [-0.3, -0.25) is 19.3 Å². The molecular weight excluding hydrogens is 358 g/mol. The lowest BCUT2D eigenvalue weighted by Gasteiger charge is -2.22. The predicted octanol–water partition coefficient (Wildman–Crippen LogP) is 3.37. The number of aromatic amines is 1. The number of aromatic nitrogens is 3. The standard InChI is InChI=1S/C21H19N3O4/c1-21(2,3)28-20(27)23-12-14-18(17-15(23)10-7-11-16(17)25)22-24(19(14)26)13-8-5-4-6-9-13/h4-12,22H,1-3H3. The molecule has 0 radical (unpaired) electrons. The summed E-state index contributed by atoms with van der Waals surface area (Å²) in [4.78, 5) is 38.4. The Labute approximate surface area is 160 Å². The number of fused-ring (bicyclic) bond motifs is 3. The van der Waals surface area contributed by atoms with E-state index in [-0.39, 0.29) is 21.9 Å². The molecule has 1 aliphatic carbocycles. The number of H-pyrrole nitrogens is 1. The monoisotopic (exact) mass is 377 g/mol. The fraction of sp³-hybridized carbons (Fsp3) is 0.190. The molecule has 142 valence electrons. The molecule has 0 unspecified atom stereocenters. The summed E-state index contributed by atoms with van der Waals surface area (Å²) in [5.41, 5.74) is 0.278. The topological polar surface area (TPSA) is 86.1 Å². The van der Waals surface area contributed by atoms with Crippen molar-refractivity contribution in [3.05, 3.63) is 75.3 Å². The third kappa shape index (κ3) is 2.90. The molecule has 1 aromatic carbocycles. The minimum Gasteiger partial charge on any atom is -0.443 e. The summed E-state index contributed by atoms with van der Waals surface area (Å²) in [6.45, 7) is 5.26. The lowest BCUT2D eigenvalue weighted by atomic mass is 10.1. The quantitative estimate of drug-likeness (QED) is 0.551. The van der Waals surface area contributed by atoms with Gasteiger partial charge in [0, 0.05) is 6.20 Å². The van der Waals surface area contributed by atoms with E-state index in [9.17, 15) is 14.4 Å². The molecule has 0 spiro atoms. The van der Waals surface area contributed by atoms with Crippen molar-refractivity contribution < 1.29 is 9.53 Å². The molecule has 2 aliphatic rings. The van der Waals surface area contributed by atoms with Gasteiger partial charge in [0.15, 0.2) is 5.43 Å². The molecular formula is C21H19N3O4. The summed E-state index contributed by atoms with van der Waals surface area (Å²) in [6, 6.07) is 13.6. The van der Waals surface area contributed by atoms with E-state index in [1.807, 2.05) is 18.2 Å². The van der Waals surface area contributed by atoms with Crippen molar-refractivity contribution in [3.8, 4) is 16.9 Å². The number of hydrogen-bond donors (Lipinski definition) is 1. The van der Waals surface area contributed by atoms with Crippen LogP contribution in [0.5, 0.6) is 0 Å². The number of carbonyl (C=O) groups excluding carboxylic acids is 1. The number of rotatable bonds is 1. The molecule has 7 heteroatoms. The van der Waals surface area contributed by atoms with Gasteiger partial charge in [-0.15, -0.1) is 0 Å². The van der Waals surface area contributed by atoms with Gasteiger partial charge >= 0.3 is 6.09 Å². The van der Waals surface area contributed by atoms with Crippen LogP contribution < -0.4 is 11.0 Å². The third-order valence-electron chi connectivity index (χ3n) is 4.30. The Hall–Kier alpha value is -3.61. The van der Waals surface area contributed by atoms with Gasteiger partial charge in [0.25, 0.3) is 5.56 Å². The van der Waals surface area contributed by atoms with Crippen LogP contribution in [0.2, 0.25) is 0 Å². The minimum atomic E-state index is -0.719. The second-order valence-corrected chi connectivity index (χ2v) is 7.51. The summed E-state index contributed by atoms with van der Waals surface area (Å²) in [7, 11) is 0. The summed E-state index contributed by atoms with van der Waals surface area (Å²) >= 11 is 0. The first-order chi connectivity index (χ1) is 13.3. The van der Waals surface area contributed by atoms with Crippen molar-refractivity contribution in [1.29, 1.82) is 0 Å². The molecule has 0 fully saturated rings. The van der Waals surface area contributed by atoms with E-state index in [2.05, 4.69) is 5.10 Å². The van der Waals surface area contributed by atoms with Gasteiger partial charge in [-0.05, 0) is 45.0 Å². The van der Waals surface area contributed by atoms with Crippen LogP contribution >= 0.6 is 0 Å². The Bertz CT molecular complexity index is 1270. The number of nitrogens with zero attached hydrogens (tertiary/aromatic N) is 2. The molecule has 0 saturated carbocycles. The van der Waals surface area contributed by atoms with Crippen LogP contribution in [0.25, 0.3) is 27.8 Å². The fourth-order valence-corrected chi connectivity index (χ4v) is 3.15. The average Bonchev–Trinajstić information content (AvgIpc) is 2.97. The van der Waals surface area contributed by atoms with Gasteiger partial charge in [-0.1, -0.05) is 24.3 Å². The van der Waals surface area contributed by atoms with E-state index < -0.39 is 11.7 Å². The van der Waals surface area contributed by atoms with E-state index in [0.29, 0.717) is 16.9 Å². The highest BCUT2D eigenvalue weighted by molar-refractivity contribution is 5.96. The zero-order chi connectivity index (χ0) is 20.1. The van der Waals surface area contributed by atoms with E-state index >= 15 is 0 Å². The molecule has 1 aromatic heterocycles. The molecule has 1 aliphatic heterocycles. The first kappa shape index (κ1) is 17.8. The SMILES string of the molecule is CC(C)(C)OC(=O)n1cc2c(=O)n(-c3ccccc3)[nH]c2c2c(=O)cccc1-2. The summed E-state index contributed by atoms with van der Waals surface area (Å²) in [5, 5.41) is 3.24. The van der Waals surface area contributed by atoms with Gasteiger partial charge in [0.1, 0.15) is 5.60 Å². The van der Waals surface area contributed by atoms with Crippen molar-refractivity contribution in [3.63, 3.8) is 0 Å². The number of ether oxygens (including phenoxy) is 1. The highest BCUT2D eigenvalue weighted by Gasteiger charge is 2.25. The smallest absolute Gasteiger partial charge is 0.419 e. The van der Waals surface area contributed by atoms with Crippen LogP contribution in [0.4, 0.5) is 4.79 Å². The zero-order valence-electron chi connectivity index (χ0n) is 15.7. The lowest BCUT2D eigenvalue weighted by molar-refractivity contribution is 0.0539. The summed E-state index contributed by atoms with van der Waals surface area (Å²) in [5.74, 6) is 0. The number of benzene rings is 2. The molecule has 0 amide bonds. The van der Waals surface area contributed by atoms with Crippen molar-refractivity contribution in [2.75, 3.05) is 0 Å². The van der Waals surface area contributed by atoms with Crippen molar-refractivity contribution in [2.45, 2.75) is 26.4 Å². The van der Waals surface area contributed by atoms with E-state index in [0.717, 1.165) is 0 Å².